The third-order valence-electron chi connectivity index (χ3n) is 2.34. The van der Waals surface area contributed by atoms with Crippen LogP contribution in [0, 0.1) is 0 Å². The maximum atomic E-state index is 10.9. The predicted molar refractivity (Wildman–Crippen MR) is 58.2 cm³/mol. The van der Waals surface area contributed by atoms with E-state index in [0.717, 1.165) is 11.1 Å². The molecule has 0 bridgehead atoms. The Morgan fingerprint density at radius 3 is 2.56 bits per heavy atom. The van der Waals surface area contributed by atoms with Crippen molar-refractivity contribution in [2.45, 2.75) is 13.0 Å². The van der Waals surface area contributed by atoms with Crippen LogP contribution in [0.4, 0.5) is 0 Å². The molecule has 0 saturated heterocycles. The first-order valence-electron chi connectivity index (χ1n) is 4.88. The van der Waals surface area contributed by atoms with E-state index in [0.29, 0.717) is 12.1 Å². The number of nitrogens with one attached hydrogen (secondary N) is 2. The van der Waals surface area contributed by atoms with Gasteiger partial charge >= 0.3 is 5.69 Å². The lowest BCUT2D eigenvalue weighted by molar-refractivity contribution is 0.281. The van der Waals surface area contributed by atoms with Crippen molar-refractivity contribution in [2.75, 3.05) is 0 Å². The standard InChI is InChI=1S/C11H12N2O3/c14-6-8-3-1-2-7(4-8)5-9-10(15)13-11(16)12-9/h1-4,14-15H,5-6H2,(H2,12,13,16). The number of aromatic hydroxyl groups is 1. The molecule has 0 aliphatic heterocycles. The van der Waals surface area contributed by atoms with E-state index in [9.17, 15) is 9.90 Å². The normalized spacial score (nSPS) is 10.6. The van der Waals surface area contributed by atoms with Crippen molar-refractivity contribution in [3.63, 3.8) is 0 Å². The summed E-state index contributed by atoms with van der Waals surface area (Å²) >= 11 is 0. The molecule has 1 heterocycles. The Hall–Kier alpha value is -2.01. The van der Waals surface area contributed by atoms with Crippen molar-refractivity contribution in [3.05, 3.63) is 51.6 Å². The molecule has 0 aliphatic carbocycles. The van der Waals surface area contributed by atoms with Crippen LogP contribution in [0.2, 0.25) is 0 Å². The number of aliphatic hydroxyl groups is 1. The van der Waals surface area contributed by atoms with Gasteiger partial charge in [0.25, 0.3) is 0 Å². The minimum Gasteiger partial charge on any atom is -0.493 e. The van der Waals surface area contributed by atoms with Gasteiger partial charge in [0, 0.05) is 6.42 Å². The number of aromatic amines is 2. The van der Waals surface area contributed by atoms with Crippen molar-refractivity contribution < 1.29 is 10.2 Å². The first-order valence-corrected chi connectivity index (χ1v) is 4.88. The largest absolute Gasteiger partial charge is 0.493 e. The summed E-state index contributed by atoms with van der Waals surface area (Å²) in [6, 6.07) is 7.32. The maximum absolute atomic E-state index is 10.9. The Balaban J connectivity index is 2.26. The highest BCUT2D eigenvalue weighted by atomic mass is 16.3. The van der Waals surface area contributed by atoms with Crippen molar-refractivity contribution in [2.24, 2.45) is 0 Å². The van der Waals surface area contributed by atoms with Crippen LogP contribution < -0.4 is 5.69 Å². The maximum Gasteiger partial charge on any atom is 0.325 e. The number of aliphatic hydroxyl groups excluding tert-OH is 1. The fourth-order valence-corrected chi connectivity index (χ4v) is 1.58. The van der Waals surface area contributed by atoms with E-state index in [1.165, 1.54) is 0 Å². The highest BCUT2D eigenvalue weighted by molar-refractivity contribution is 5.29. The molecule has 0 aliphatic rings. The third kappa shape index (κ3) is 2.14. The Bertz CT molecular complexity index is 542. The van der Waals surface area contributed by atoms with Gasteiger partial charge in [-0.1, -0.05) is 24.3 Å². The molecule has 0 amide bonds. The molecule has 84 valence electrons. The minimum atomic E-state index is -0.425. The van der Waals surface area contributed by atoms with E-state index in [-0.39, 0.29) is 12.5 Å². The van der Waals surface area contributed by atoms with Crippen molar-refractivity contribution >= 4 is 0 Å². The van der Waals surface area contributed by atoms with Gasteiger partial charge in [-0.05, 0) is 11.1 Å². The van der Waals surface area contributed by atoms with E-state index in [4.69, 9.17) is 5.11 Å². The van der Waals surface area contributed by atoms with Crippen LogP contribution in [0.3, 0.4) is 0 Å². The summed E-state index contributed by atoms with van der Waals surface area (Å²) in [5, 5.41) is 18.4. The third-order valence-corrected chi connectivity index (χ3v) is 2.34. The summed E-state index contributed by atoms with van der Waals surface area (Å²) < 4.78 is 0. The van der Waals surface area contributed by atoms with Crippen molar-refractivity contribution in [1.82, 2.24) is 9.97 Å². The molecule has 5 heteroatoms. The van der Waals surface area contributed by atoms with Gasteiger partial charge in [0.2, 0.25) is 5.88 Å². The molecular formula is C11H12N2O3. The lowest BCUT2D eigenvalue weighted by Crippen LogP contribution is -2.01. The lowest BCUT2D eigenvalue weighted by Gasteiger charge is -2.02. The quantitative estimate of drug-likeness (QED) is 0.607. The first kappa shape index (κ1) is 10.5. The van der Waals surface area contributed by atoms with Crippen LogP contribution in [-0.4, -0.2) is 20.2 Å². The molecule has 2 rings (SSSR count). The average Bonchev–Trinajstić information content (AvgIpc) is 2.58. The van der Waals surface area contributed by atoms with Crippen LogP contribution >= 0.6 is 0 Å². The number of rotatable bonds is 3. The molecule has 0 spiro atoms. The second kappa shape index (κ2) is 4.24. The molecule has 1 aromatic heterocycles. The van der Waals surface area contributed by atoms with Gasteiger partial charge in [0.05, 0.1) is 12.3 Å². The molecule has 0 radical (unpaired) electrons. The summed E-state index contributed by atoms with van der Waals surface area (Å²) in [7, 11) is 0. The summed E-state index contributed by atoms with van der Waals surface area (Å²) in [6.45, 7) is -0.0243. The Morgan fingerprint density at radius 1 is 1.19 bits per heavy atom. The lowest BCUT2D eigenvalue weighted by atomic mass is 10.1. The van der Waals surface area contributed by atoms with E-state index >= 15 is 0 Å². The molecule has 16 heavy (non-hydrogen) atoms. The Kier molecular flexibility index (Phi) is 2.78. The van der Waals surface area contributed by atoms with Crippen LogP contribution in [0.15, 0.2) is 29.1 Å². The number of hydrogen-bond donors (Lipinski definition) is 4. The molecular weight excluding hydrogens is 208 g/mol. The molecule has 2 aromatic rings. The molecule has 1 aromatic carbocycles. The SMILES string of the molecule is O=c1[nH]c(O)c(Cc2cccc(CO)c2)[nH]1. The monoisotopic (exact) mass is 220 g/mol. The summed E-state index contributed by atoms with van der Waals surface area (Å²) in [5.41, 5.74) is 1.73. The van der Waals surface area contributed by atoms with Gasteiger partial charge < -0.3 is 15.2 Å². The smallest absolute Gasteiger partial charge is 0.325 e. The van der Waals surface area contributed by atoms with E-state index in [1.54, 1.807) is 0 Å². The number of imidazole rings is 1. The van der Waals surface area contributed by atoms with Gasteiger partial charge in [0.1, 0.15) is 0 Å². The molecule has 5 nitrogen and oxygen atoms in total. The summed E-state index contributed by atoms with van der Waals surface area (Å²) in [4.78, 5) is 15.7. The van der Waals surface area contributed by atoms with Crippen molar-refractivity contribution in [3.8, 4) is 5.88 Å². The van der Waals surface area contributed by atoms with Crippen molar-refractivity contribution in [1.29, 1.82) is 0 Å². The molecule has 0 unspecified atom stereocenters. The summed E-state index contributed by atoms with van der Waals surface area (Å²) in [5.74, 6) is -0.139. The molecule has 0 atom stereocenters. The van der Waals surface area contributed by atoms with Crippen LogP contribution in [-0.2, 0) is 13.0 Å². The van der Waals surface area contributed by atoms with Crippen LogP contribution in [0.1, 0.15) is 16.8 Å². The van der Waals surface area contributed by atoms with Gasteiger partial charge in [0.15, 0.2) is 0 Å². The fourth-order valence-electron chi connectivity index (χ4n) is 1.58. The van der Waals surface area contributed by atoms with Crippen LogP contribution in [0.5, 0.6) is 5.88 Å². The molecule has 0 saturated carbocycles. The molecule has 4 N–H and O–H groups in total. The number of benzene rings is 1. The Morgan fingerprint density at radius 2 is 1.94 bits per heavy atom. The van der Waals surface area contributed by atoms with Gasteiger partial charge in [-0.25, -0.2) is 4.79 Å². The fraction of sp³-hybridized carbons (Fsp3) is 0.182. The predicted octanol–water partition coefficient (Wildman–Crippen LogP) is 0.492. The minimum absolute atomic E-state index is 0.0243. The van der Waals surface area contributed by atoms with E-state index < -0.39 is 5.69 Å². The van der Waals surface area contributed by atoms with Gasteiger partial charge in [-0.3, -0.25) is 4.98 Å². The first-order chi connectivity index (χ1) is 7.69. The molecule has 0 fully saturated rings. The van der Waals surface area contributed by atoms with E-state index in [1.807, 2.05) is 24.3 Å². The number of hydrogen-bond acceptors (Lipinski definition) is 3. The zero-order valence-electron chi connectivity index (χ0n) is 8.53. The second-order valence-electron chi connectivity index (χ2n) is 3.56. The highest BCUT2D eigenvalue weighted by Crippen LogP contribution is 2.14. The zero-order chi connectivity index (χ0) is 11.5. The van der Waals surface area contributed by atoms with E-state index in [2.05, 4.69) is 9.97 Å². The number of aromatic nitrogens is 2. The average molecular weight is 220 g/mol. The highest BCUT2D eigenvalue weighted by Gasteiger charge is 2.06. The van der Waals surface area contributed by atoms with Gasteiger partial charge in [-0.15, -0.1) is 0 Å². The van der Waals surface area contributed by atoms with Gasteiger partial charge in [-0.2, -0.15) is 0 Å². The Labute approximate surface area is 91.4 Å². The number of H-pyrrole nitrogens is 2. The zero-order valence-corrected chi connectivity index (χ0v) is 8.53. The summed E-state index contributed by atoms with van der Waals surface area (Å²) in [6.07, 6.45) is 0.415. The second-order valence-corrected chi connectivity index (χ2v) is 3.56. The van der Waals surface area contributed by atoms with Crippen LogP contribution in [0.25, 0.3) is 0 Å². The topological polar surface area (TPSA) is 89.1 Å².